The number of hydrogen-bond donors (Lipinski definition) is 2. The molecule has 0 bridgehead atoms. The third-order valence-corrected chi connectivity index (χ3v) is 4.13. The molecular weight excluding hydrogens is 253 g/mol. The van der Waals surface area contributed by atoms with Crippen molar-refractivity contribution in [3.05, 3.63) is 29.8 Å². The Balaban J connectivity index is 2.56. The van der Waals surface area contributed by atoms with Crippen molar-refractivity contribution < 1.29 is 19.0 Å². The van der Waals surface area contributed by atoms with Gasteiger partial charge in [0.15, 0.2) is 0 Å². The molecule has 0 aliphatic carbocycles. The monoisotopic (exact) mass is 271 g/mol. The minimum absolute atomic E-state index is 0.0351. The molecule has 0 aromatic heterocycles. The molecule has 0 radical (unpaired) electrons. The molecule has 0 aliphatic rings. The Morgan fingerprint density at radius 3 is 2.72 bits per heavy atom. The van der Waals surface area contributed by atoms with Crippen molar-refractivity contribution in [3.63, 3.8) is 0 Å². The predicted octanol–water partition coefficient (Wildman–Crippen LogP) is 2.98. The normalized spacial score (nSPS) is 13.9. The van der Waals surface area contributed by atoms with Crippen LogP contribution in [0.25, 0.3) is 0 Å². The molecule has 1 atom stereocenters. The van der Waals surface area contributed by atoms with Crippen molar-refractivity contribution in [2.45, 2.75) is 26.4 Å². The largest absolute Gasteiger partial charge is 0.454 e. The summed E-state index contributed by atoms with van der Waals surface area (Å²) >= 11 is 0. The van der Waals surface area contributed by atoms with Gasteiger partial charge >= 0.3 is 13.1 Å². The van der Waals surface area contributed by atoms with Crippen LogP contribution in [-0.4, -0.2) is 16.8 Å². The zero-order chi connectivity index (χ0) is 13.6. The molecule has 1 unspecified atom stereocenters. The Morgan fingerprint density at radius 2 is 2.11 bits per heavy atom. The molecule has 0 heterocycles. The van der Waals surface area contributed by atoms with E-state index in [1.54, 1.807) is 24.3 Å². The summed E-state index contributed by atoms with van der Waals surface area (Å²) < 4.78 is 16.5. The lowest BCUT2D eigenvalue weighted by Gasteiger charge is -2.11. The first kappa shape index (κ1) is 14.7. The molecule has 0 saturated heterocycles. The van der Waals surface area contributed by atoms with E-state index in [0.29, 0.717) is 17.7 Å². The number of carbonyl (C=O) groups is 1. The smallest absolute Gasteiger partial charge is 0.391 e. The number of carbonyl (C=O) groups excluding carboxylic acids is 1. The molecule has 6 heteroatoms. The molecule has 18 heavy (non-hydrogen) atoms. The lowest BCUT2D eigenvalue weighted by atomic mass is 10.2. The number of para-hydroxylation sites is 1. The maximum atomic E-state index is 11.6. The number of anilines is 1. The fourth-order valence-corrected chi connectivity index (χ4v) is 2.56. The Bertz CT molecular complexity index is 461. The van der Waals surface area contributed by atoms with Crippen LogP contribution in [0.5, 0.6) is 0 Å². The van der Waals surface area contributed by atoms with E-state index in [1.165, 1.54) is 0 Å². The van der Waals surface area contributed by atoms with E-state index in [9.17, 15) is 14.3 Å². The van der Waals surface area contributed by atoms with E-state index >= 15 is 0 Å². The van der Waals surface area contributed by atoms with Crippen molar-refractivity contribution in [1.29, 1.82) is 0 Å². The van der Waals surface area contributed by atoms with Gasteiger partial charge in [-0.15, -0.1) is 0 Å². The molecule has 5 nitrogen and oxygen atoms in total. The van der Waals surface area contributed by atoms with Crippen molar-refractivity contribution in [2.24, 2.45) is 0 Å². The van der Waals surface area contributed by atoms with Gasteiger partial charge in [0.1, 0.15) is 6.61 Å². The zero-order valence-electron chi connectivity index (χ0n) is 10.3. The van der Waals surface area contributed by atoms with Gasteiger partial charge in [0.25, 0.3) is 0 Å². The molecule has 3 N–H and O–H groups in total. The Kier molecular flexibility index (Phi) is 5.38. The van der Waals surface area contributed by atoms with Gasteiger partial charge in [-0.1, -0.05) is 31.5 Å². The Hall–Kier alpha value is -1.32. The molecule has 0 saturated carbocycles. The van der Waals surface area contributed by atoms with E-state index in [1.807, 2.05) is 6.92 Å². The molecule has 100 valence electrons. The average Bonchev–Trinajstić information content (AvgIpc) is 2.35. The van der Waals surface area contributed by atoms with E-state index in [-0.39, 0.29) is 12.8 Å². The minimum Gasteiger partial charge on any atom is -0.454 e. The van der Waals surface area contributed by atoms with Crippen LogP contribution in [0.3, 0.4) is 0 Å². The summed E-state index contributed by atoms with van der Waals surface area (Å²) in [6, 6.07) is 6.91. The SMILES string of the molecule is CCCCP(=O)(O)C(=O)OCc1ccccc1N. The topological polar surface area (TPSA) is 89.6 Å². The summed E-state index contributed by atoms with van der Waals surface area (Å²) in [6.45, 7) is 1.80. The number of benzene rings is 1. The van der Waals surface area contributed by atoms with Crippen molar-refractivity contribution in [2.75, 3.05) is 11.9 Å². The maximum Gasteiger partial charge on any atom is 0.391 e. The maximum absolute atomic E-state index is 11.6. The zero-order valence-corrected chi connectivity index (χ0v) is 11.2. The van der Waals surface area contributed by atoms with Gasteiger partial charge in [-0.2, -0.15) is 0 Å². The van der Waals surface area contributed by atoms with Crippen molar-refractivity contribution >= 4 is 18.8 Å². The molecule has 0 spiro atoms. The minimum atomic E-state index is -3.85. The van der Waals surface area contributed by atoms with Gasteiger partial charge in [-0.05, 0) is 12.5 Å². The van der Waals surface area contributed by atoms with Gasteiger partial charge in [-0.3, -0.25) is 4.57 Å². The summed E-state index contributed by atoms with van der Waals surface area (Å²) in [5, 5.41) is 0. The lowest BCUT2D eigenvalue weighted by Crippen LogP contribution is -2.07. The number of hydrogen-bond acceptors (Lipinski definition) is 4. The summed E-state index contributed by atoms with van der Waals surface area (Å²) in [6.07, 6.45) is 1.24. The van der Waals surface area contributed by atoms with Crippen LogP contribution in [0.1, 0.15) is 25.3 Å². The molecule has 1 aromatic rings. The van der Waals surface area contributed by atoms with Gasteiger partial charge in [0.05, 0.1) is 0 Å². The fraction of sp³-hybridized carbons (Fsp3) is 0.417. The lowest BCUT2D eigenvalue weighted by molar-refractivity contribution is 0.162. The van der Waals surface area contributed by atoms with Gasteiger partial charge in [0, 0.05) is 17.4 Å². The Morgan fingerprint density at radius 1 is 1.44 bits per heavy atom. The summed E-state index contributed by atoms with van der Waals surface area (Å²) in [5.41, 5.74) is 5.75. The third kappa shape index (κ3) is 4.17. The quantitative estimate of drug-likeness (QED) is 0.613. The second kappa shape index (κ2) is 6.57. The van der Waals surface area contributed by atoms with Crippen LogP contribution >= 0.6 is 7.37 Å². The van der Waals surface area contributed by atoms with Crippen LogP contribution in [0, 0.1) is 0 Å². The number of ether oxygens (including phenoxy) is 1. The van der Waals surface area contributed by atoms with Gasteiger partial charge in [-0.25, -0.2) is 4.79 Å². The second-order valence-electron chi connectivity index (χ2n) is 4.03. The first-order valence-corrected chi connectivity index (χ1v) is 7.64. The summed E-state index contributed by atoms with van der Waals surface area (Å²) in [7, 11) is -3.85. The predicted molar refractivity (Wildman–Crippen MR) is 70.6 cm³/mol. The molecule has 0 amide bonds. The van der Waals surface area contributed by atoms with Crippen LogP contribution < -0.4 is 5.73 Å². The van der Waals surface area contributed by atoms with Crippen molar-refractivity contribution in [1.82, 2.24) is 0 Å². The van der Waals surface area contributed by atoms with Crippen LogP contribution in [-0.2, 0) is 15.9 Å². The first-order chi connectivity index (χ1) is 8.47. The number of unbranched alkanes of at least 4 members (excludes halogenated alkanes) is 1. The number of rotatable bonds is 6. The summed E-state index contributed by atoms with van der Waals surface area (Å²) in [4.78, 5) is 21.0. The highest BCUT2D eigenvalue weighted by molar-refractivity contribution is 7.74. The van der Waals surface area contributed by atoms with Gasteiger partial charge < -0.3 is 15.4 Å². The van der Waals surface area contributed by atoms with E-state index < -0.39 is 13.1 Å². The van der Waals surface area contributed by atoms with E-state index in [4.69, 9.17) is 10.5 Å². The second-order valence-corrected chi connectivity index (χ2v) is 6.25. The molecule has 1 rings (SSSR count). The van der Waals surface area contributed by atoms with Crippen molar-refractivity contribution in [3.8, 4) is 0 Å². The standard InChI is InChI=1S/C12H18NO4P/c1-2-3-8-18(15,16)12(14)17-9-10-6-4-5-7-11(10)13/h4-7H,2-3,8-9,13H2,1H3,(H,15,16). The highest BCUT2D eigenvalue weighted by Crippen LogP contribution is 2.43. The highest BCUT2D eigenvalue weighted by Gasteiger charge is 2.30. The van der Waals surface area contributed by atoms with Crippen LogP contribution in [0.4, 0.5) is 10.5 Å². The number of nitrogens with two attached hydrogens (primary N) is 1. The van der Waals surface area contributed by atoms with Crippen LogP contribution in [0.15, 0.2) is 24.3 Å². The highest BCUT2D eigenvalue weighted by atomic mass is 31.2. The summed E-state index contributed by atoms with van der Waals surface area (Å²) in [5.74, 6) is 0. The van der Waals surface area contributed by atoms with E-state index in [2.05, 4.69) is 0 Å². The Labute approximate surface area is 106 Å². The molecular formula is C12H18NO4P. The van der Waals surface area contributed by atoms with E-state index in [0.717, 1.165) is 6.42 Å². The fourth-order valence-electron chi connectivity index (χ4n) is 1.37. The molecule has 1 aromatic carbocycles. The molecule has 0 aliphatic heterocycles. The molecule has 0 fully saturated rings. The van der Waals surface area contributed by atoms with Gasteiger partial charge in [0.2, 0.25) is 0 Å². The third-order valence-electron chi connectivity index (χ3n) is 2.51. The first-order valence-electron chi connectivity index (χ1n) is 5.80. The average molecular weight is 271 g/mol. The number of nitrogen functional groups attached to an aromatic ring is 1. The van der Waals surface area contributed by atoms with Crippen LogP contribution in [0.2, 0.25) is 0 Å².